The van der Waals surface area contributed by atoms with Crippen LogP contribution < -0.4 is 4.74 Å². The first kappa shape index (κ1) is 12.4. The molecule has 0 unspecified atom stereocenters. The van der Waals surface area contributed by atoms with Crippen LogP contribution in [0, 0.1) is 18.3 Å². The van der Waals surface area contributed by atoms with Crippen molar-refractivity contribution >= 4 is 11.6 Å². The summed E-state index contributed by atoms with van der Waals surface area (Å²) >= 11 is 5.87. The minimum absolute atomic E-state index is 0.242. The Morgan fingerprint density at radius 3 is 2.83 bits per heavy atom. The van der Waals surface area contributed by atoms with Crippen molar-refractivity contribution in [2.45, 2.75) is 13.5 Å². The van der Waals surface area contributed by atoms with Crippen LogP contribution in [0.15, 0.2) is 18.2 Å². The second-order valence-corrected chi connectivity index (χ2v) is 4.20. The monoisotopic (exact) mass is 262 g/mol. The Labute approximate surface area is 110 Å². The van der Waals surface area contributed by atoms with Gasteiger partial charge in [-0.1, -0.05) is 11.6 Å². The summed E-state index contributed by atoms with van der Waals surface area (Å²) in [5, 5.41) is 17.4. The van der Waals surface area contributed by atoms with Crippen LogP contribution in [0.4, 0.5) is 0 Å². The molecule has 1 aromatic heterocycles. The van der Waals surface area contributed by atoms with Gasteiger partial charge in [-0.3, -0.25) is 0 Å². The van der Waals surface area contributed by atoms with Crippen LogP contribution in [-0.4, -0.2) is 14.8 Å². The van der Waals surface area contributed by atoms with Gasteiger partial charge in [0.25, 0.3) is 0 Å². The van der Waals surface area contributed by atoms with Crippen LogP contribution in [0.2, 0.25) is 5.02 Å². The normalized spacial score (nSPS) is 10.1. The van der Waals surface area contributed by atoms with Crippen molar-refractivity contribution in [3.8, 4) is 11.8 Å². The quantitative estimate of drug-likeness (QED) is 0.851. The first-order valence-electron chi connectivity index (χ1n) is 5.29. The molecule has 6 heteroatoms. The Bertz CT molecular complexity index is 615. The number of rotatable bonds is 3. The fourth-order valence-corrected chi connectivity index (χ4v) is 1.59. The van der Waals surface area contributed by atoms with Crippen molar-refractivity contribution in [2.24, 2.45) is 7.05 Å². The number of aromatic nitrogens is 3. The molecule has 0 aliphatic carbocycles. The Hall–Kier alpha value is -2.06. The lowest BCUT2D eigenvalue weighted by molar-refractivity contribution is 0.290. The lowest BCUT2D eigenvalue weighted by atomic mass is 10.2. The standard InChI is InChI=1S/C12H11ClN4O/c1-8-15-16-12(17(8)2)7-18-11-5-10(13)4-3-9(11)6-14/h3-5H,7H2,1-2H3. The Kier molecular flexibility index (Phi) is 3.49. The minimum atomic E-state index is 0.242. The zero-order valence-corrected chi connectivity index (χ0v) is 10.8. The van der Waals surface area contributed by atoms with E-state index >= 15 is 0 Å². The summed E-state index contributed by atoms with van der Waals surface area (Å²) in [6.45, 7) is 2.10. The van der Waals surface area contributed by atoms with E-state index in [0.717, 1.165) is 5.82 Å². The van der Waals surface area contributed by atoms with Gasteiger partial charge >= 0.3 is 0 Å². The van der Waals surface area contributed by atoms with Gasteiger partial charge in [0.2, 0.25) is 0 Å². The number of benzene rings is 1. The number of hydrogen-bond donors (Lipinski definition) is 0. The van der Waals surface area contributed by atoms with E-state index in [2.05, 4.69) is 16.3 Å². The van der Waals surface area contributed by atoms with Gasteiger partial charge in [-0.2, -0.15) is 5.26 Å². The molecule has 0 radical (unpaired) electrons. The highest BCUT2D eigenvalue weighted by atomic mass is 35.5. The molecule has 0 bridgehead atoms. The highest BCUT2D eigenvalue weighted by molar-refractivity contribution is 6.30. The van der Waals surface area contributed by atoms with Gasteiger partial charge in [0.15, 0.2) is 5.82 Å². The Morgan fingerprint density at radius 1 is 1.44 bits per heavy atom. The number of halogens is 1. The van der Waals surface area contributed by atoms with Crippen molar-refractivity contribution in [1.82, 2.24) is 14.8 Å². The predicted octanol–water partition coefficient (Wildman–Crippen LogP) is 2.23. The lowest BCUT2D eigenvalue weighted by Gasteiger charge is -2.07. The third kappa shape index (κ3) is 2.44. The molecule has 0 atom stereocenters. The molecular formula is C12H11ClN4O. The van der Waals surface area contributed by atoms with Crippen LogP contribution in [0.25, 0.3) is 0 Å². The van der Waals surface area contributed by atoms with Crippen LogP contribution in [0.1, 0.15) is 17.2 Å². The van der Waals surface area contributed by atoms with Crippen LogP contribution in [0.5, 0.6) is 5.75 Å². The fraction of sp³-hybridized carbons (Fsp3) is 0.250. The van der Waals surface area contributed by atoms with Crippen molar-refractivity contribution < 1.29 is 4.74 Å². The maximum atomic E-state index is 8.96. The van der Waals surface area contributed by atoms with E-state index < -0.39 is 0 Å². The Balaban J connectivity index is 2.18. The van der Waals surface area contributed by atoms with E-state index in [0.29, 0.717) is 22.2 Å². The summed E-state index contributed by atoms with van der Waals surface area (Å²) in [6.07, 6.45) is 0. The largest absolute Gasteiger partial charge is 0.484 e. The summed E-state index contributed by atoms with van der Waals surface area (Å²) in [5.41, 5.74) is 0.443. The van der Waals surface area contributed by atoms with Gasteiger partial charge in [0, 0.05) is 18.1 Å². The van der Waals surface area contributed by atoms with Crippen LogP contribution in [0.3, 0.4) is 0 Å². The van der Waals surface area contributed by atoms with Gasteiger partial charge in [-0.15, -0.1) is 10.2 Å². The van der Waals surface area contributed by atoms with Gasteiger partial charge in [-0.05, 0) is 19.1 Å². The molecule has 92 valence electrons. The summed E-state index contributed by atoms with van der Waals surface area (Å²) in [4.78, 5) is 0. The summed E-state index contributed by atoms with van der Waals surface area (Å²) in [7, 11) is 1.86. The molecular weight excluding hydrogens is 252 g/mol. The molecule has 0 aliphatic heterocycles. The van der Waals surface area contributed by atoms with Crippen molar-refractivity contribution in [3.05, 3.63) is 40.4 Å². The number of ether oxygens (including phenoxy) is 1. The first-order valence-corrected chi connectivity index (χ1v) is 5.67. The number of hydrogen-bond acceptors (Lipinski definition) is 4. The van der Waals surface area contributed by atoms with Crippen LogP contribution >= 0.6 is 11.6 Å². The molecule has 0 spiro atoms. The molecule has 0 aliphatic rings. The molecule has 0 fully saturated rings. The molecule has 0 saturated heterocycles. The molecule has 2 aromatic rings. The first-order chi connectivity index (χ1) is 8.61. The van der Waals surface area contributed by atoms with E-state index in [1.165, 1.54) is 0 Å². The maximum absolute atomic E-state index is 8.96. The number of nitrogens with zero attached hydrogens (tertiary/aromatic N) is 4. The molecule has 0 N–H and O–H groups in total. The second kappa shape index (κ2) is 5.07. The smallest absolute Gasteiger partial charge is 0.170 e. The third-order valence-corrected chi connectivity index (χ3v) is 2.84. The zero-order valence-electron chi connectivity index (χ0n) is 10.0. The van der Waals surface area contributed by atoms with E-state index in [9.17, 15) is 0 Å². The van der Waals surface area contributed by atoms with Gasteiger partial charge < -0.3 is 9.30 Å². The van der Waals surface area contributed by atoms with E-state index in [-0.39, 0.29) is 6.61 Å². The van der Waals surface area contributed by atoms with Crippen molar-refractivity contribution in [3.63, 3.8) is 0 Å². The number of nitriles is 1. The molecule has 2 rings (SSSR count). The lowest BCUT2D eigenvalue weighted by Crippen LogP contribution is -2.05. The summed E-state index contributed by atoms with van der Waals surface area (Å²) in [6, 6.07) is 6.94. The van der Waals surface area contributed by atoms with Crippen molar-refractivity contribution in [2.75, 3.05) is 0 Å². The fourth-order valence-electron chi connectivity index (χ4n) is 1.43. The second-order valence-electron chi connectivity index (χ2n) is 3.76. The van der Waals surface area contributed by atoms with Crippen LogP contribution in [-0.2, 0) is 13.7 Å². The van der Waals surface area contributed by atoms with Gasteiger partial charge in [0.05, 0.1) is 5.56 Å². The summed E-state index contributed by atoms with van der Waals surface area (Å²) < 4.78 is 7.39. The third-order valence-electron chi connectivity index (χ3n) is 2.60. The molecule has 5 nitrogen and oxygen atoms in total. The SMILES string of the molecule is Cc1nnc(COc2cc(Cl)ccc2C#N)n1C. The topological polar surface area (TPSA) is 63.7 Å². The van der Waals surface area contributed by atoms with E-state index in [4.69, 9.17) is 21.6 Å². The maximum Gasteiger partial charge on any atom is 0.170 e. The summed E-state index contributed by atoms with van der Waals surface area (Å²) in [5.74, 6) is 1.95. The highest BCUT2D eigenvalue weighted by Crippen LogP contribution is 2.23. The molecule has 18 heavy (non-hydrogen) atoms. The molecule has 1 heterocycles. The average Bonchev–Trinajstić information content (AvgIpc) is 2.68. The van der Waals surface area contributed by atoms with E-state index in [1.54, 1.807) is 18.2 Å². The molecule has 0 amide bonds. The number of aryl methyl sites for hydroxylation is 1. The zero-order chi connectivity index (χ0) is 13.1. The highest BCUT2D eigenvalue weighted by Gasteiger charge is 2.08. The van der Waals surface area contributed by atoms with Gasteiger partial charge in [-0.25, -0.2) is 0 Å². The minimum Gasteiger partial charge on any atom is -0.484 e. The Morgan fingerprint density at radius 2 is 2.22 bits per heavy atom. The predicted molar refractivity (Wildman–Crippen MR) is 66.2 cm³/mol. The molecule has 0 saturated carbocycles. The molecule has 1 aromatic carbocycles. The average molecular weight is 263 g/mol. The van der Waals surface area contributed by atoms with Crippen molar-refractivity contribution in [1.29, 1.82) is 5.26 Å². The van der Waals surface area contributed by atoms with E-state index in [1.807, 2.05) is 18.5 Å². The van der Waals surface area contributed by atoms with Gasteiger partial charge in [0.1, 0.15) is 24.3 Å².